The summed E-state index contributed by atoms with van der Waals surface area (Å²) in [6.45, 7) is 1.86. The van der Waals surface area contributed by atoms with Crippen LogP contribution in [0.4, 0.5) is 10.5 Å². The molecule has 1 aliphatic rings. The van der Waals surface area contributed by atoms with Crippen molar-refractivity contribution in [1.82, 2.24) is 10.6 Å². The second-order valence-corrected chi connectivity index (χ2v) is 11.3. The number of nitrogens with one attached hydrogen (secondary N) is 3. The number of carbonyl (C=O) groups excluding carboxylic acids is 2. The molecule has 3 N–H and O–H groups in total. The zero-order valence-electron chi connectivity index (χ0n) is 25.2. The highest BCUT2D eigenvalue weighted by Crippen LogP contribution is 2.30. The van der Waals surface area contributed by atoms with Crippen LogP contribution < -0.4 is 20.7 Å². The van der Waals surface area contributed by atoms with Crippen molar-refractivity contribution in [2.45, 2.75) is 37.0 Å². The van der Waals surface area contributed by atoms with Crippen LogP contribution in [0.5, 0.6) is 5.75 Å². The first-order valence-corrected chi connectivity index (χ1v) is 15.5. The summed E-state index contributed by atoms with van der Waals surface area (Å²) in [5.74, 6) is -0.0514. The molecule has 8 nitrogen and oxygen atoms in total. The summed E-state index contributed by atoms with van der Waals surface area (Å²) < 4.78 is 17.2. The van der Waals surface area contributed by atoms with Crippen LogP contribution in [0.1, 0.15) is 29.0 Å². The molecule has 1 aliphatic heterocycles. The van der Waals surface area contributed by atoms with Gasteiger partial charge in [-0.1, -0.05) is 90.5 Å². The molecule has 1 saturated heterocycles. The summed E-state index contributed by atoms with van der Waals surface area (Å²) in [5.41, 5.74) is 3.45. The minimum absolute atomic E-state index is 0.0180. The Bertz CT molecular complexity index is 1480. The number of halogens is 1. The van der Waals surface area contributed by atoms with Gasteiger partial charge < -0.3 is 30.2 Å². The smallest absolute Gasteiger partial charge is 0.407 e. The molecule has 0 spiro atoms. The van der Waals surface area contributed by atoms with Gasteiger partial charge in [0.1, 0.15) is 24.5 Å². The fourth-order valence-electron chi connectivity index (χ4n) is 5.53. The molecule has 0 bridgehead atoms. The minimum Gasteiger partial charge on any atom is -0.491 e. The summed E-state index contributed by atoms with van der Waals surface area (Å²) >= 11 is 5.97. The highest BCUT2D eigenvalue weighted by Gasteiger charge is 2.33. The van der Waals surface area contributed by atoms with Crippen LogP contribution in [0, 0.1) is 0 Å². The number of anilines is 1. The van der Waals surface area contributed by atoms with Crippen molar-refractivity contribution in [2.75, 3.05) is 32.1 Å². The number of amides is 2. The Morgan fingerprint density at radius 2 is 1.49 bits per heavy atom. The van der Waals surface area contributed by atoms with Gasteiger partial charge in [-0.3, -0.25) is 4.79 Å². The monoisotopic (exact) mass is 627 g/mol. The van der Waals surface area contributed by atoms with E-state index in [-0.39, 0.29) is 18.1 Å². The lowest BCUT2D eigenvalue weighted by Gasteiger charge is -2.31. The number of benzene rings is 4. The molecule has 0 aliphatic carbocycles. The fraction of sp³-hybridized carbons (Fsp3) is 0.278. The molecule has 234 valence electrons. The first-order valence-electron chi connectivity index (χ1n) is 15.1. The number of methoxy groups -OCH3 is 1. The van der Waals surface area contributed by atoms with E-state index in [1.807, 2.05) is 97.1 Å². The zero-order valence-corrected chi connectivity index (χ0v) is 25.9. The molecule has 45 heavy (non-hydrogen) atoms. The number of hydrogen-bond acceptors (Lipinski definition) is 6. The molecule has 0 radical (unpaired) electrons. The highest BCUT2D eigenvalue weighted by molar-refractivity contribution is 6.30. The molecule has 3 atom stereocenters. The lowest BCUT2D eigenvalue weighted by Crippen LogP contribution is -2.48. The molecule has 3 unspecified atom stereocenters. The lowest BCUT2D eigenvalue weighted by molar-refractivity contribution is -0.118. The maximum absolute atomic E-state index is 14.0. The van der Waals surface area contributed by atoms with E-state index in [0.717, 1.165) is 35.4 Å². The normalized spacial score (nSPS) is 16.9. The Balaban J connectivity index is 1.27. The first-order chi connectivity index (χ1) is 22.0. The van der Waals surface area contributed by atoms with Gasteiger partial charge in [0.15, 0.2) is 0 Å². The van der Waals surface area contributed by atoms with Gasteiger partial charge in [0.2, 0.25) is 5.91 Å². The average molecular weight is 628 g/mol. The largest absolute Gasteiger partial charge is 0.491 e. The zero-order chi connectivity index (χ0) is 31.4. The summed E-state index contributed by atoms with van der Waals surface area (Å²) in [7, 11) is 1.29. The van der Waals surface area contributed by atoms with Gasteiger partial charge in [-0.2, -0.15) is 0 Å². The Morgan fingerprint density at radius 1 is 0.867 bits per heavy atom. The van der Waals surface area contributed by atoms with Crippen LogP contribution in [0.15, 0.2) is 109 Å². The number of hydrogen-bond donors (Lipinski definition) is 3. The number of alkyl carbamates (subject to hydrolysis) is 1. The predicted octanol–water partition coefficient (Wildman–Crippen LogP) is 6.20. The molecular weight excluding hydrogens is 590 g/mol. The van der Waals surface area contributed by atoms with E-state index in [1.54, 1.807) is 12.1 Å². The van der Waals surface area contributed by atoms with E-state index >= 15 is 0 Å². The van der Waals surface area contributed by atoms with Crippen LogP contribution in [0.2, 0.25) is 5.02 Å². The molecule has 4 aromatic rings. The molecule has 0 aromatic heterocycles. The third kappa shape index (κ3) is 9.08. The van der Waals surface area contributed by atoms with Crippen molar-refractivity contribution in [3.63, 3.8) is 0 Å². The van der Waals surface area contributed by atoms with E-state index < -0.39 is 18.1 Å². The molecular formula is C36H38ClN3O5. The van der Waals surface area contributed by atoms with Crippen LogP contribution >= 0.6 is 11.6 Å². The summed E-state index contributed by atoms with van der Waals surface area (Å²) in [6, 6.07) is 33.4. The van der Waals surface area contributed by atoms with Gasteiger partial charge in [-0.05, 0) is 59.9 Å². The maximum Gasteiger partial charge on any atom is 0.407 e. The van der Waals surface area contributed by atoms with Crippen molar-refractivity contribution in [3.05, 3.63) is 131 Å². The standard InChI is InChI=1S/C36H38ClN3O5/c1-43-36(42)40-34(33(26-11-4-2-5-12-26)27-13-6-3-7-14-27)35(41)39-32-15-9-8-10-25(32)16-19-30-22-38-23-31(45-30)24-44-29-20-17-28(37)18-21-29/h2-15,17-18,20-21,30-31,33-34,38H,16,19,22-24H2,1H3,(H,39,41)(H,40,42). The second-order valence-electron chi connectivity index (χ2n) is 10.9. The molecule has 5 rings (SSSR count). The summed E-state index contributed by atoms with van der Waals surface area (Å²) in [5, 5.41) is 10.0. The number of carbonyl (C=O) groups is 2. The number of rotatable bonds is 12. The van der Waals surface area contributed by atoms with Crippen molar-refractivity contribution in [3.8, 4) is 5.75 Å². The highest BCUT2D eigenvalue weighted by atomic mass is 35.5. The average Bonchev–Trinajstić information content (AvgIpc) is 3.08. The molecule has 9 heteroatoms. The van der Waals surface area contributed by atoms with Gasteiger partial charge in [-0.15, -0.1) is 0 Å². The summed E-state index contributed by atoms with van der Waals surface area (Å²) in [6.07, 6.45) is 0.640. The van der Waals surface area contributed by atoms with E-state index in [2.05, 4.69) is 16.0 Å². The maximum atomic E-state index is 14.0. The van der Waals surface area contributed by atoms with E-state index in [9.17, 15) is 9.59 Å². The van der Waals surface area contributed by atoms with Crippen molar-refractivity contribution < 1.29 is 23.8 Å². The Labute approximate surface area is 269 Å². The predicted molar refractivity (Wildman–Crippen MR) is 176 cm³/mol. The first kappa shape index (κ1) is 32.0. The molecule has 1 fully saturated rings. The second kappa shape index (κ2) is 16.1. The van der Waals surface area contributed by atoms with Crippen molar-refractivity contribution in [1.29, 1.82) is 0 Å². The number of para-hydroxylation sites is 1. The quantitative estimate of drug-likeness (QED) is 0.173. The lowest BCUT2D eigenvalue weighted by atomic mass is 9.84. The fourth-order valence-corrected chi connectivity index (χ4v) is 5.66. The van der Waals surface area contributed by atoms with Gasteiger partial charge in [-0.25, -0.2) is 4.79 Å². The van der Waals surface area contributed by atoms with Crippen LogP contribution in [0.3, 0.4) is 0 Å². The summed E-state index contributed by atoms with van der Waals surface area (Å²) in [4.78, 5) is 26.5. The van der Waals surface area contributed by atoms with E-state index in [1.165, 1.54) is 7.11 Å². The molecule has 4 aromatic carbocycles. The molecule has 0 saturated carbocycles. The Kier molecular flexibility index (Phi) is 11.5. The van der Waals surface area contributed by atoms with Gasteiger partial charge in [0, 0.05) is 29.7 Å². The molecule has 1 heterocycles. The van der Waals surface area contributed by atoms with Gasteiger partial charge in [0.25, 0.3) is 0 Å². The van der Waals surface area contributed by atoms with Crippen LogP contribution in [-0.2, 0) is 20.7 Å². The van der Waals surface area contributed by atoms with Gasteiger partial charge >= 0.3 is 6.09 Å². The Hall–Kier alpha value is -4.37. The number of ether oxygens (including phenoxy) is 3. The number of aryl methyl sites for hydroxylation is 1. The topological polar surface area (TPSA) is 97.9 Å². The SMILES string of the molecule is COC(=O)NC(C(=O)Nc1ccccc1CCC1CNCC(COc2ccc(Cl)cc2)O1)C(c1ccccc1)c1ccccc1. The van der Waals surface area contributed by atoms with Crippen molar-refractivity contribution >= 4 is 29.3 Å². The molecule has 2 amide bonds. The van der Waals surface area contributed by atoms with Gasteiger partial charge in [0.05, 0.1) is 13.2 Å². The minimum atomic E-state index is -0.942. The van der Waals surface area contributed by atoms with Crippen molar-refractivity contribution in [2.24, 2.45) is 0 Å². The third-order valence-corrected chi connectivity index (χ3v) is 8.03. The third-order valence-electron chi connectivity index (χ3n) is 7.78. The van der Waals surface area contributed by atoms with E-state index in [4.69, 9.17) is 25.8 Å². The van der Waals surface area contributed by atoms with E-state index in [0.29, 0.717) is 30.3 Å². The number of morpholine rings is 1. The van der Waals surface area contributed by atoms with Crippen LogP contribution in [-0.4, -0.2) is 57.1 Å². The van der Waals surface area contributed by atoms with Crippen LogP contribution in [0.25, 0.3) is 0 Å². The Morgan fingerprint density at radius 3 is 2.16 bits per heavy atom.